The molecular weight excluding hydrogens is 160 g/mol. The summed E-state index contributed by atoms with van der Waals surface area (Å²) >= 11 is 0. The Hall–Kier alpha value is -0.0800. The van der Waals surface area contributed by atoms with Gasteiger partial charge in [0.15, 0.2) is 0 Å². The van der Waals surface area contributed by atoms with Gasteiger partial charge in [-0.05, 0) is 31.8 Å². The second kappa shape index (κ2) is 4.43. The molecular formula is C11H24N2. The van der Waals surface area contributed by atoms with E-state index in [9.17, 15) is 0 Å². The molecule has 0 aromatic heterocycles. The third kappa shape index (κ3) is 3.65. The van der Waals surface area contributed by atoms with E-state index in [0.29, 0.717) is 5.41 Å². The zero-order chi connectivity index (χ0) is 9.90. The monoisotopic (exact) mass is 184 g/mol. The number of nitrogens with zero attached hydrogens (tertiary/aromatic N) is 1. The molecule has 2 heteroatoms. The minimum Gasteiger partial charge on any atom is -0.319 e. The smallest absolute Gasteiger partial charge is 0.00965 e. The highest BCUT2D eigenvalue weighted by Gasteiger charge is 2.31. The van der Waals surface area contributed by atoms with Crippen molar-refractivity contribution >= 4 is 0 Å². The number of nitrogens with one attached hydrogen (secondary N) is 1. The topological polar surface area (TPSA) is 15.3 Å². The number of hydrogen-bond acceptors (Lipinski definition) is 2. The molecule has 1 N–H and O–H groups in total. The van der Waals surface area contributed by atoms with Crippen LogP contribution in [0.4, 0.5) is 0 Å². The van der Waals surface area contributed by atoms with Crippen molar-refractivity contribution in [2.45, 2.75) is 39.7 Å². The number of hydrogen-bond donors (Lipinski definition) is 1. The predicted molar refractivity (Wildman–Crippen MR) is 58.0 cm³/mol. The molecule has 1 saturated carbocycles. The fraction of sp³-hybridized carbons (Fsp3) is 1.00. The maximum Gasteiger partial charge on any atom is 0.00965 e. The molecule has 1 rings (SSSR count). The fourth-order valence-electron chi connectivity index (χ4n) is 2.02. The van der Waals surface area contributed by atoms with E-state index < -0.39 is 0 Å². The lowest BCUT2D eigenvalue weighted by atomic mass is 9.92. The minimum absolute atomic E-state index is 0.410. The van der Waals surface area contributed by atoms with Crippen LogP contribution in [0.5, 0.6) is 0 Å². The van der Waals surface area contributed by atoms with Crippen LogP contribution in [-0.2, 0) is 0 Å². The Kier molecular flexibility index (Phi) is 3.74. The highest BCUT2D eigenvalue weighted by atomic mass is 15.2. The zero-order valence-electron chi connectivity index (χ0n) is 9.56. The summed E-state index contributed by atoms with van der Waals surface area (Å²) in [6, 6.07) is 0.904. The van der Waals surface area contributed by atoms with Crippen LogP contribution in [0.25, 0.3) is 0 Å². The van der Waals surface area contributed by atoms with E-state index in [1.807, 2.05) is 7.05 Å². The van der Waals surface area contributed by atoms with Crippen LogP contribution in [-0.4, -0.2) is 37.6 Å². The molecule has 0 aromatic carbocycles. The third-order valence-corrected chi connectivity index (χ3v) is 2.76. The molecule has 1 aliphatic rings. The quantitative estimate of drug-likeness (QED) is 0.676. The van der Waals surface area contributed by atoms with Gasteiger partial charge in [0.05, 0.1) is 0 Å². The van der Waals surface area contributed by atoms with Crippen molar-refractivity contribution in [1.82, 2.24) is 10.2 Å². The lowest BCUT2D eigenvalue weighted by Crippen LogP contribution is -2.40. The largest absolute Gasteiger partial charge is 0.319 e. The van der Waals surface area contributed by atoms with E-state index in [-0.39, 0.29) is 0 Å². The minimum atomic E-state index is 0.410. The first kappa shape index (κ1) is 11.0. The maximum absolute atomic E-state index is 3.27. The molecule has 2 nitrogen and oxygen atoms in total. The number of rotatable bonds is 6. The summed E-state index contributed by atoms with van der Waals surface area (Å²) in [7, 11) is 2.04. The Labute approximate surface area is 82.7 Å². The van der Waals surface area contributed by atoms with Crippen LogP contribution in [0, 0.1) is 5.41 Å². The van der Waals surface area contributed by atoms with Crippen molar-refractivity contribution < 1.29 is 0 Å². The van der Waals surface area contributed by atoms with E-state index in [4.69, 9.17) is 0 Å². The van der Waals surface area contributed by atoms with Gasteiger partial charge in [-0.3, -0.25) is 0 Å². The van der Waals surface area contributed by atoms with Gasteiger partial charge in [0.25, 0.3) is 0 Å². The molecule has 0 saturated heterocycles. The summed E-state index contributed by atoms with van der Waals surface area (Å²) in [5, 5.41) is 3.27. The SMILES string of the molecule is CCN(CC(C)(C)CNC)C1CC1. The van der Waals surface area contributed by atoms with Gasteiger partial charge in [-0.2, -0.15) is 0 Å². The zero-order valence-corrected chi connectivity index (χ0v) is 9.56. The fourth-order valence-corrected chi connectivity index (χ4v) is 2.02. The Morgan fingerprint density at radius 2 is 2.00 bits per heavy atom. The molecule has 1 fully saturated rings. The van der Waals surface area contributed by atoms with Gasteiger partial charge in [0, 0.05) is 19.1 Å². The molecule has 0 heterocycles. The average Bonchev–Trinajstić information content (AvgIpc) is 2.82. The van der Waals surface area contributed by atoms with Crippen molar-refractivity contribution in [2.75, 3.05) is 26.7 Å². The summed E-state index contributed by atoms with van der Waals surface area (Å²) in [4.78, 5) is 2.62. The lowest BCUT2D eigenvalue weighted by Gasteiger charge is -2.32. The summed E-state index contributed by atoms with van der Waals surface area (Å²) < 4.78 is 0. The molecule has 0 aromatic rings. The summed E-state index contributed by atoms with van der Waals surface area (Å²) in [5.41, 5.74) is 0.410. The van der Waals surface area contributed by atoms with Gasteiger partial charge >= 0.3 is 0 Å². The standard InChI is InChI=1S/C11H24N2/c1-5-13(10-6-7-10)9-11(2,3)8-12-4/h10,12H,5-9H2,1-4H3. The lowest BCUT2D eigenvalue weighted by molar-refractivity contribution is 0.176. The third-order valence-electron chi connectivity index (χ3n) is 2.76. The van der Waals surface area contributed by atoms with E-state index in [1.54, 1.807) is 0 Å². The van der Waals surface area contributed by atoms with E-state index in [0.717, 1.165) is 12.6 Å². The average molecular weight is 184 g/mol. The molecule has 0 unspecified atom stereocenters. The maximum atomic E-state index is 3.27. The molecule has 0 spiro atoms. The molecule has 0 radical (unpaired) electrons. The van der Waals surface area contributed by atoms with Crippen LogP contribution in [0.3, 0.4) is 0 Å². The van der Waals surface area contributed by atoms with Gasteiger partial charge in [0.1, 0.15) is 0 Å². The van der Waals surface area contributed by atoms with Crippen molar-refractivity contribution in [3.8, 4) is 0 Å². The predicted octanol–water partition coefficient (Wildman–Crippen LogP) is 1.72. The van der Waals surface area contributed by atoms with Crippen LogP contribution in [0.1, 0.15) is 33.6 Å². The van der Waals surface area contributed by atoms with E-state index in [2.05, 4.69) is 31.0 Å². The van der Waals surface area contributed by atoms with Gasteiger partial charge in [-0.1, -0.05) is 20.8 Å². The second-order valence-corrected chi connectivity index (χ2v) is 4.99. The Balaban J connectivity index is 2.34. The van der Waals surface area contributed by atoms with E-state index >= 15 is 0 Å². The second-order valence-electron chi connectivity index (χ2n) is 4.99. The van der Waals surface area contributed by atoms with Crippen LogP contribution in [0.15, 0.2) is 0 Å². The molecule has 0 bridgehead atoms. The van der Waals surface area contributed by atoms with Crippen molar-refractivity contribution in [1.29, 1.82) is 0 Å². The van der Waals surface area contributed by atoms with Gasteiger partial charge in [-0.15, -0.1) is 0 Å². The van der Waals surface area contributed by atoms with Crippen LogP contribution in [0.2, 0.25) is 0 Å². The molecule has 0 atom stereocenters. The summed E-state index contributed by atoms with van der Waals surface area (Å²) in [5.74, 6) is 0. The normalized spacial score (nSPS) is 18.2. The highest BCUT2D eigenvalue weighted by molar-refractivity contribution is 4.87. The molecule has 13 heavy (non-hydrogen) atoms. The Morgan fingerprint density at radius 1 is 1.38 bits per heavy atom. The molecule has 78 valence electrons. The van der Waals surface area contributed by atoms with Crippen molar-refractivity contribution in [3.63, 3.8) is 0 Å². The highest BCUT2D eigenvalue weighted by Crippen LogP contribution is 2.29. The Bertz CT molecular complexity index is 150. The first-order valence-electron chi connectivity index (χ1n) is 5.47. The first-order chi connectivity index (χ1) is 6.09. The van der Waals surface area contributed by atoms with Crippen LogP contribution < -0.4 is 5.32 Å². The Morgan fingerprint density at radius 3 is 2.38 bits per heavy atom. The molecule has 1 aliphatic carbocycles. The van der Waals surface area contributed by atoms with Gasteiger partial charge in [-0.25, -0.2) is 0 Å². The van der Waals surface area contributed by atoms with Gasteiger partial charge < -0.3 is 10.2 Å². The first-order valence-corrected chi connectivity index (χ1v) is 5.47. The van der Waals surface area contributed by atoms with E-state index in [1.165, 1.54) is 25.9 Å². The van der Waals surface area contributed by atoms with Gasteiger partial charge in [0.2, 0.25) is 0 Å². The molecule has 0 amide bonds. The van der Waals surface area contributed by atoms with Crippen molar-refractivity contribution in [3.05, 3.63) is 0 Å². The van der Waals surface area contributed by atoms with Crippen molar-refractivity contribution in [2.24, 2.45) is 5.41 Å². The summed E-state index contributed by atoms with van der Waals surface area (Å²) in [6.45, 7) is 10.5. The molecule has 0 aliphatic heterocycles. The summed E-state index contributed by atoms with van der Waals surface area (Å²) in [6.07, 6.45) is 2.84. The van der Waals surface area contributed by atoms with Crippen LogP contribution >= 0.6 is 0 Å².